The number of hydrogen-bond donors (Lipinski definition) is 2. The lowest BCUT2D eigenvalue weighted by molar-refractivity contribution is 0.498. The van der Waals surface area contributed by atoms with E-state index in [1.165, 1.54) is 0 Å². The second kappa shape index (κ2) is 7.35. The first-order valence-electron chi connectivity index (χ1n) is 4.98. The third-order valence-corrected chi connectivity index (χ3v) is 1.90. The van der Waals surface area contributed by atoms with Crippen LogP contribution in [-0.4, -0.2) is 26.2 Å². The monoisotopic (exact) mass is 194 g/mol. The van der Waals surface area contributed by atoms with Gasteiger partial charge in [-0.05, 0) is 12.1 Å². The molecule has 0 aliphatic rings. The van der Waals surface area contributed by atoms with Crippen molar-refractivity contribution in [1.29, 1.82) is 0 Å². The van der Waals surface area contributed by atoms with Crippen LogP contribution in [0.4, 0.5) is 0 Å². The van der Waals surface area contributed by atoms with Gasteiger partial charge in [-0.1, -0.05) is 6.08 Å². The highest BCUT2D eigenvalue weighted by molar-refractivity contribution is 4.98. The molecule has 0 unspecified atom stereocenters. The van der Waals surface area contributed by atoms with Gasteiger partial charge in [-0.25, -0.2) is 0 Å². The van der Waals surface area contributed by atoms with E-state index in [-0.39, 0.29) is 0 Å². The molecule has 0 radical (unpaired) electrons. The van der Waals surface area contributed by atoms with Gasteiger partial charge >= 0.3 is 0 Å². The van der Waals surface area contributed by atoms with Crippen LogP contribution in [0.15, 0.2) is 35.5 Å². The molecule has 0 fully saturated rings. The molecule has 1 heterocycles. The van der Waals surface area contributed by atoms with Gasteiger partial charge in [-0.2, -0.15) is 0 Å². The molecule has 2 N–H and O–H groups in total. The number of hydrogen-bond acceptors (Lipinski definition) is 3. The van der Waals surface area contributed by atoms with E-state index in [1.807, 2.05) is 18.2 Å². The molecule has 3 heteroatoms. The smallest absolute Gasteiger partial charge is 0.105 e. The summed E-state index contributed by atoms with van der Waals surface area (Å²) in [5.74, 6) is 1.04. The van der Waals surface area contributed by atoms with Gasteiger partial charge in [0.2, 0.25) is 0 Å². The molecule has 1 rings (SSSR count). The fraction of sp³-hybridized carbons (Fsp3) is 0.455. The normalized spacial score (nSPS) is 10.3. The van der Waals surface area contributed by atoms with Gasteiger partial charge in [0.25, 0.3) is 0 Å². The summed E-state index contributed by atoms with van der Waals surface area (Å²) in [5, 5.41) is 6.55. The van der Waals surface area contributed by atoms with Crippen molar-refractivity contribution in [3.63, 3.8) is 0 Å². The topological polar surface area (TPSA) is 37.2 Å². The lowest BCUT2D eigenvalue weighted by Crippen LogP contribution is -2.28. The molecular weight excluding hydrogens is 176 g/mol. The van der Waals surface area contributed by atoms with Gasteiger partial charge in [0, 0.05) is 32.6 Å². The quantitative estimate of drug-likeness (QED) is 0.482. The van der Waals surface area contributed by atoms with E-state index in [9.17, 15) is 0 Å². The van der Waals surface area contributed by atoms with Crippen LogP contribution in [0, 0.1) is 0 Å². The van der Waals surface area contributed by atoms with E-state index < -0.39 is 0 Å². The zero-order chi connectivity index (χ0) is 10.1. The SMILES string of the molecule is C=CCNCCNCCc1ccco1. The molecule has 0 aliphatic heterocycles. The lowest BCUT2D eigenvalue weighted by Gasteiger charge is -2.03. The number of nitrogens with one attached hydrogen (secondary N) is 2. The molecule has 0 saturated carbocycles. The zero-order valence-electron chi connectivity index (χ0n) is 8.46. The minimum Gasteiger partial charge on any atom is -0.469 e. The Bertz CT molecular complexity index is 231. The Hall–Kier alpha value is -1.06. The summed E-state index contributed by atoms with van der Waals surface area (Å²) in [6, 6.07) is 3.92. The Morgan fingerprint density at radius 1 is 1.29 bits per heavy atom. The van der Waals surface area contributed by atoms with E-state index in [4.69, 9.17) is 4.42 Å². The first-order chi connectivity index (χ1) is 6.93. The molecule has 0 amide bonds. The average Bonchev–Trinajstić information content (AvgIpc) is 2.69. The summed E-state index contributed by atoms with van der Waals surface area (Å²) < 4.78 is 5.21. The fourth-order valence-electron chi connectivity index (χ4n) is 1.17. The van der Waals surface area contributed by atoms with Crippen LogP contribution in [0.1, 0.15) is 5.76 Å². The van der Waals surface area contributed by atoms with Crippen LogP contribution < -0.4 is 10.6 Å². The third-order valence-electron chi connectivity index (χ3n) is 1.90. The first-order valence-corrected chi connectivity index (χ1v) is 4.98. The van der Waals surface area contributed by atoms with E-state index in [2.05, 4.69) is 17.2 Å². The van der Waals surface area contributed by atoms with Crippen molar-refractivity contribution in [2.45, 2.75) is 6.42 Å². The number of rotatable bonds is 8. The molecule has 0 bridgehead atoms. The fourth-order valence-corrected chi connectivity index (χ4v) is 1.17. The van der Waals surface area contributed by atoms with Gasteiger partial charge in [-0.3, -0.25) is 0 Å². The van der Waals surface area contributed by atoms with Crippen molar-refractivity contribution < 1.29 is 4.42 Å². The molecule has 0 aromatic carbocycles. The van der Waals surface area contributed by atoms with Crippen LogP contribution >= 0.6 is 0 Å². The molecule has 1 aromatic rings. The maximum absolute atomic E-state index is 5.21. The highest BCUT2D eigenvalue weighted by Gasteiger charge is 1.93. The van der Waals surface area contributed by atoms with Gasteiger partial charge in [0.1, 0.15) is 5.76 Å². The Labute approximate surface area is 85.2 Å². The summed E-state index contributed by atoms with van der Waals surface area (Å²) in [6.45, 7) is 7.43. The average molecular weight is 194 g/mol. The maximum Gasteiger partial charge on any atom is 0.105 e. The predicted octanol–water partition coefficient (Wildman–Crippen LogP) is 1.19. The zero-order valence-corrected chi connectivity index (χ0v) is 8.46. The van der Waals surface area contributed by atoms with E-state index >= 15 is 0 Å². The maximum atomic E-state index is 5.21. The van der Waals surface area contributed by atoms with Crippen molar-refractivity contribution in [2.75, 3.05) is 26.2 Å². The molecule has 14 heavy (non-hydrogen) atoms. The molecule has 0 atom stereocenters. The lowest BCUT2D eigenvalue weighted by atomic mass is 10.3. The number of furan rings is 1. The largest absolute Gasteiger partial charge is 0.469 e. The van der Waals surface area contributed by atoms with E-state index in [0.29, 0.717) is 0 Å². The summed E-state index contributed by atoms with van der Waals surface area (Å²) in [5.41, 5.74) is 0. The molecule has 0 saturated heterocycles. The Balaban J connectivity index is 1.87. The van der Waals surface area contributed by atoms with Crippen LogP contribution in [-0.2, 0) is 6.42 Å². The van der Waals surface area contributed by atoms with Gasteiger partial charge in [0.15, 0.2) is 0 Å². The Morgan fingerprint density at radius 3 is 2.86 bits per heavy atom. The third kappa shape index (κ3) is 4.84. The highest BCUT2D eigenvalue weighted by atomic mass is 16.3. The van der Waals surface area contributed by atoms with Crippen molar-refractivity contribution >= 4 is 0 Å². The standard InChI is InChI=1S/C11H18N2O/c1-2-6-12-8-9-13-7-5-11-4-3-10-14-11/h2-4,10,12-13H,1,5-9H2. The minimum atomic E-state index is 0.875. The van der Waals surface area contributed by atoms with Crippen molar-refractivity contribution in [3.05, 3.63) is 36.8 Å². The van der Waals surface area contributed by atoms with Crippen molar-refractivity contribution in [1.82, 2.24) is 10.6 Å². The molecular formula is C11H18N2O. The van der Waals surface area contributed by atoms with Crippen LogP contribution in [0.5, 0.6) is 0 Å². The molecule has 1 aromatic heterocycles. The Morgan fingerprint density at radius 2 is 2.14 bits per heavy atom. The summed E-state index contributed by atoms with van der Waals surface area (Å²) in [7, 11) is 0. The molecule has 0 spiro atoms. The van der Waals surface area contributed by atoms with Crippen LogP contribution in [0.25, 0.3) is 0 Å². The second-order valence-corrected chi connectivity index (χ2v) is 3.07. The molecule has 3 nitrogen and oxygen atoms in total. The summed E-state index contributed by atoms with van der Waals surface area (Å²) >= 11 is 0. The molecule has 78 valence electrons. The first kappa shape index (κ1) is 11.0. The summed E-state index contributed by atoms with van der Waals surface area (Å²) in [6.07, 6.45) is 4.53. The summed E-state index contributed by atoms with van der Waals surface area (Å²) in [4.78, 5) is 0. The highest BCUT2D eigenvalue weighted by Crippen LogP contribution is 1.98. The minimum absolute atomic E-state index is 0.875. The van der Waals surface area contributed by atoms with Crippen LogP contribution in [0.3, 0.4) is 0 Å². The van der Waals surface area contributed by atoms with Gasteiger partial charge < -0.3 is 15.1 Å². The van der Waals surface area contributed by atoms with Crippen LogP contribution in [0.2, 0.25) is 0 Å². The molecule has 0 aliphatic carbocycles. The van der Waals surface area contributed by atoms with Gasteiger partial charge in [-0.15, -0.1) is 6.58 Å². The second-order valence-electron chi connectivity index (χ2n) is 3.07. The van der Waals surface area contributed by atoms with Gasteiger partial charge in [0.05, 0.1) is 6.26 Å². The van der Waals surface area contributed by atoms with Crippen molar-refractivity contribution in [3.8, 4) is 0 Å². The predicted molar refractivity (Wildman–Crippen MR) is 58.3 cm³/mol. The van der Waals surface area contributed by atoms with Crippen molar-refractivity contribution in [2.24, 2.45) is 0 Å². The van der Waals surface area contributed by atoms with E-state index in [1.54, 1.807) is 6.26 Å². The Kier molecular flexibility index (Phi) is 5.79. The van der Waals surface area contributed by atoms with E-state index in [0.717, 1.165) is 38.4 Å².